The highest BCUT2D eigenvalue weighted by molar-refractivity contribution is 5.96. The van der Waals surface area contributed by atoms with E-state index >= 15 is 0 Å². The lowest BCUT2D eigenvalue weighted by Crippen LogP contribution is -2.27. The maximum absolute atomic E-state index is 11.1. The van der Waals surface area contributed by atoms with E-state index in [1.54, 1.807) is 12.1 Å². The number of carbonyl (C=O) groups is 1. The minimum absolute atomic E-state index is 0.356. The van der Waals surface area contributed by atoms with Crippen molar-refractivity contribution in [2.24, 2.45) is 0 Å². The van der Waals surface area contributed by atoms with E-state index < -0.39 is 5.97 Å². The summed E-state index contributed by atoms with van der Waals surface area (Å²) in [5.74, 6) is -0.867. The van der Waals surface area contributed by atoms with Gasteiger partial charge in [0, 0.05) is 18.8 Å². The fourth-order valence-electron chi connectivity index (χ4n) is 3.35. The lowest BCUT2D eigenvalue weighted by atomic mass is 10.0. The van der Waals surface area contributed by atoms with Crippen molar-refractivity contribution in [3.8, 4) is 0 Å². The summed E-state index contributed by atoms with van der Waals surface area (Å²) in [6.45, 7) is 4.32. The second-order valence-corrected chi connectivity index (χ2v) is 6.26. The Hall–Kier alpha value is -2.03. The molecule has 0 aromatic heterocycles. The van der Waals surface area contributed by atoms with Crippen molar-refractivity contribution in [1.82, 2.24) is 0 Å². The van der Waals surface area contributed by atoms with E-state index in [1.165, 1.54) is 37.8 Å². The number of aromatic carboxylic acids is 1. The standard InChI is InChI=1S/C19H23NO2/c1-14-11-17(20-9-5-3-2-4-6-10-20)12-15-7-8-16(19(21)22)13-18(14)15/h7-8,11-13H,2-6,9-10H2,1H3,(H,21,22). The smallest absolute Gasteiger partial charge is 0.335 e. The molecule has 2 aromatic rings. The molecule has 1 fully saturated rings. The Balaban J connectivity index is 1.97. The third kappa shape index (κ3) is 3.08. The van der Waals surface area contributed by atoms with Crippen LogP contribution in [0.4, 0.5) is 5.69 Å². The van der Waals surface area contributed by atoms with Gasteiger partial charge in [-0.2, -0.15) is 0 Å². The number of benzene rings is 2. The van der Waals surface area contributed by atoms with Crippen LogP contribution < -0.4 is 4.90 Å². The fourth-order valence-corrected chi connectivity index (χ4v) is 3.35. The summed E-state index contributed by atoms with van der Waals surface area (Å²) in [6.07, 6.45) is 6.53. The fraction of sp³-hybridized carbons (Fsp3) is 0.421. The Labute approximate surface area is 131 Å². The van der Waals surface area contributed by atoms with E-state index in [1.807, 2.05) is 6.07 Å². The first-order chi connectivity index (χ1) is 10.6. The molecule has 0 atom stereocenters. The minimum Gasteiger partial charge on any atom is -0.478 e. The summed E-state index contributed by atoms with van der Waals surface area (Å²) in [5.41, 5.74) is 2.78. The molecule has 3 heteroatoms. The number of fused-ring (bicyclic) bond motifs is 1. The Morgan fingerprint density at radius 2 is 1.68 bits per heavy atom. The summed E-state index contributed by atoms with van der Waals surface area (Å²) < 4.78 is 0. The molecule has 2 aromatic carbocycles. The van der Waals surface area contributed by atoms with Crippen LogP contribution in [-0.4, -0.2) is 24.2 Å². The summed E-state index contributed by atoms with van der Waals surface area (Å²) in [6, 6.07) is 9.82. The lowest BCUT2D eigenvalue weighted by Gasteiger charge is -2.27. The molecule has 0 radical (unpaired) electrons. The van der Waals surface area contributed by atoms with E-state index in [9.17, 15) is 4.79 Å². The van der Waals surface area contributed by atoms with Crippen LogP contribution in [0.5, 0.6) is 0 Å². The van der Waals surface area contributed by atoms with Gasteiger partial charge in [-0.3, -0.25) is 0 Å². The molecule has 0 saturated carbocycles. The van der Waals surface area contributed by atoms with Crippen molar-refractivity contribution >= 4 is 22.4 Å². The van der Waals surface area contributed by atoms with Crippen LogP contribution in [0.2, 0.25) is 0 Å². The van der Waals surface area contributed by atoms with Gasteiger partial charge in [-0.1, -0.05) is 25.3 Å². The molecule has 116 valence electrons. The zero-order chi connectivity index (χ0) is 15.5. The monoisotopic (exact) mass is 297 g/mol. The van der Waals surface area contributed by atoms with Gasteiger partial charge in [-0.15, -0.1) is 0 Å². The first kappa shape index (κ1) is 14.9. The number of nitrogens with zero attached hydrogens (tertiary/aromatic N) is 1. The van der Waals surface area contributed by atoms with E-state index in [0.29, 0.717) is 5.56 Å². The number of carboxylic acid groups (broad SMARTS) is 1. The number of carboxylic acids is 1. The van der Waals surface area contributed by atoms with E-state index in [2.05, 4.69) is 24.0 Å². The molecule has 1 heterocycles. The number of aryl methyl sites for hydroxylation is 1. The topological polar surface area (TPSA) is 40.5 Å². The largest absolute Gasteiger partial charge is 0.478 e. The van der Waals surface area contributed by atoms with Crippen LogP contribution in [0.15, 0.2) is 30.3 Å². The van der Waals surface area contributed by atoms with Gasteiger partial charge in [-0.05, 0) is 60.4 Å². The van der Waals surface area contributed by atoms with Crippen LogP contribution in [-0.2, 0) is 0 Å². The molecule has 1 aliphatic rings. The normalized spacial score (nSPS) is 16.3. The van der Waals surface area contributed by atoms with Crippen LogP contribution in [0.1, 0.15) is 48.0 Å². The molecule has 0 bridgehead atoms. The molecule has 22 heavy (non-hydrogen) atoms. The molecule has 1 N–H and O–H groups in total. The molecule has 0 spiro atoms. The number of hydrogen-bond acceptors (Lipinski definition) is 2. The SMILES string of the molecule is Cc1cc(N2CCCCCCC2)cc2ccc(C(=O)O)cc12. The van der Waals surface area contributed by atoms with Crippen molar-refractivity contribution in [1.29, 1.82) is 0 Å². The number of anilines is 1. The van der Waals surface area contributed by atoms with Crippen molar-refractivity contribution in [3.05, 3.63) is 41.5 Å². The lowest BCUT2D eigenvalue weighted by molar-refractivity contribution is 0.0697. The van der Waals surface area contributed by atoms with E-state index in [-0.39, 0.29) is 0 Å². The maximum atomic E-state index is 11.1. The van der Waals surface area contributed by atoms with Crippen molar-refractivity contribution in [2.45, 2.75) is 39.0 Å². The first-order valence-corrected chi connectivity index (χ1v) is 8.18. The average Bonchev–Trinajstić information content (AvgIpc) is 2.46. The van der Waals surface area contributed by atoms with Crippen LogP contribution in [0.3, 0.4) is 0 Å². The van der Waals surface area contributed by atoms with E-state index in [4.69, 9.17) is 5.11 Å². The van der Waals surface area contributed by atoms with Crippen LogP contribution in [0.25, 0.3) is 10.8 Å². The van der Waals surface area contributed by atoms with Crippen LogP contribution in [0, 0.1) is 6.92 Å². The quantitative estimate of drug-likeness (QED) is 0.879. The molecule has 0 unspecified atom stereocenters. The zero-order valence-corrected chi connectivity index (χ0v) is 13.1. The first-order valence-electron chi connectivity index (χ1n) is 8.18. The predicted molar refractivity (Wildman–Crippen MR) is 90.9 cm³/mol. The second kappa shape index (κ2) is 6.39. The molecule has 0 aliphatic carbocycles. The minimum atomic E-state index is -0.867. The molecule has 1 aliphatic heterocycles. The van der Waals surface area contributed by atoms with Gasteiger partial charge in [0.2, 0.25) is 0 Å². The summed E-state index contributed by atoms with van der Waals surface area (Å²) >= 11 is 0. The third-order valence-electron chi connectivity index (χ3n) is 4.61. The van der Waals surface area contributed by atoms with E-state index in [0.717, 1.165) is 29.4 Å². The van der Waals surface area contributed by atoms with Gasteiger partial charge in [0.05, 0.1) is 5.56 Å². The summed E-state index contributed by atoms with van der Waals surface area (Å²) in [4.78, 5) is 13.6. The van der Waals surface area contributed by atoms with Gasteiger partial charge in [0.1, 0.15) is 0 Å². The molecule has 1 saturated heterocycles. The van der Waals surface area contributed by atoms with Gasteiger partial charge < -0.3 is 10.0 Å². The van der Waals surface area contributed by atoms with Gasteiger partial charge in [0.25, 0.3) is 0 Å². The highest BCUT2D eigenvalue weighted by Crippen LogP contribution is 2.28. The molecule has 3 rings (SSSR count). The van der Waals surface area contributed by atoms with Crippen LogP contribution >= 0.6 is 0 Å². The van der Waals surface area contributed by atoms with Crippen molar-refractivity contribution < 1.29 is 9.90 Å². The maximum Gasteiger partial charge on any atom is 0.335 e. The van der Waals surface area contributed by atoms with Gasteiger partial charge >= 0.3 is 5.97 Å². The predicted octanol–water partition coefficient (Wildman–Crippen LogP) is 4.62. The Kier molecular flexibility index (Phi) is 4.32. The Bertz CT molecular complexity index is 685. The molecule has 0 amide bonds. The number of rotatable bonds is 2. The Morgan fingerprint density at radius 3 is 2.36 bits per heavy atom. The second-order valence-electron chi connectivity index (χ2n) is 6.26. The number of hydrogen-bond donors (Lipinski definition) is 1. The molecular formula is C19H23NO2. The zero-order valence-electron chi connectivity index (χ0n) is 13.1. The molecule has 3 nitrogen and oxygen atoms in total. The van der Waals surface area contributed by atoms with Gasteiger partial charge in [0.15, 0.2) is 0 Å². The highest BCUT2D eigenvalue weighted by Gasteiger charge is 2.12. The summed E-state index contributed by atoms with van der Waals surface area (Å²) in [7, 11) is 0. The Morgan fingerprint density at radius 1 is 1.00 bits per heavy atom. The van der Waals surface area contributed by atoms with Crippen molar-refractivity contribution in [2.75, 3.05) is 18.0 Å². The van der Waals surface area contributed by atoms with Gasteiger partial charge in [-0.25, -0.2) is 4.79 Å². The third-order valence-corrected chi connectivity index (χ3v) is 4.61. The molecular weight excluding hydrogens is 274 g/mol. The summed E-state index contributed by atoms with van der Waals surface area (Å²) in [5, 5.41) is 11.3. The van der Waals surface area contributed by atoms with Crippen molar-refractivity contribution in [3.63, 3.8) is 0 Å². The highest BCUT2D eigenvalue weighted by atomic mass is 16.4. The average molecular weight is 297 g/mol.